The van der Waals surface area contributed by atoms with Gasteiger partial charge in [0.25, 0.3) is 0 Å². The summed E-state index contributed by atoms with van der Waals surface area (Å²) in [6, 6.07) is 4.10. The third-order valence-electron chi connectivity index (χ3n) is 2.63. The minimum absolute atomic E-state index is 0.952. The molecule has 0 saturated heterocycles. The molecule has 0 amide bonds. The van der Waals surface area contributed by atoms with Crippen LogP contribution in [0, 0.1) is 20.8 Å². The van der Waals surface area contributed by atoms with Crippen LogP contribution in [0.2, 0.25) is 0 Å². The Morgan fingerprint density at radius 2 is 1.73 bits per heavy atom. The maximum Gasteiger partial charge on any atom is 0.0919 e. The van der Waals surface area contributed by atoms with Gasteiger partial charge in [-0.05, 0) is 44.0 Å². The Morgan fingerprint density at radius 1 is 1.07 bits per heavy atom. The van der Waals surface area contributed by atoms with Crippen LogP contribution in [0.4, 0.5) is 0 Å². The number of benzene rings is 1. The molecule has 0 unspecified atom stereocenters. The Kier molecular flexibility index (Phi) is 2.27. The highest BCUT2D eigenvalue weighted by Gasteiger charge is 2.04. The van der Waals surface area contributed by atoms with Crippen LogP contribution in [0.1, 0.15) is 22.5 Å². The fourth-order valence-electron chi connectivity index (χ4n) is 1.65. The molecule has 0 saturated carbocycles. The Bertz CT molecular complexity index is 542. The molecule has 0 aliphatic rings. The van der Waals surface area contributed by atoms with Crippen molar-refractivity contribution in [3.8, 4) is 0 Å². The second-order valence-corrected chi connectivity index (χ2v) is 3.80. The Balaban J connectivity index is 2.85. The molecule has 0 spiro atoms. The molecule has 1 aromatic carbocycles. The zero-order valence-electron chi connectivity index (χ0n) is 9.33. The van der Waals surface area contributed by atoms with E-state index in [0.717, 1.165) is 33.5 Å². The van der Waals surface area contributed by atoms with Gasteiger partial charge in [0.1, 0.15) is 0 Å². The maximum atomic E-state index is 4.55. The van der Waals surface area contributed by atoms with Crippen molar-refractivity contribution in [2.75, 3.05) is 0 Å². The van der Waals surface area contributed by atoms with Crippen LogP contribution in [0.15, 0.2) is 18.7 Å². The van der Waals surface area contributed by atoms with E-state index in [0.29, 0.717) is 0 Å². The van der Waals surface area contributed by atoms with Crippen molar-refractivity contribution in [2.45, 2.75) is 20.8 Å². The van der Waals surface area contributed by atoms with Crippen molar-refractivity contribution in [1.82, 2.24) is 9.97 Å². The van der Waals surface area contributed by atoms with E-state index in [1.165, 1.54) is 0 Å². The van der Waals surface area contributed by atoms with Gasteiger partial charge in [0.05, 0.1) is 22.4 Å². The molecular formula is C13H14N2. The average Bonchev–Trinajstić information content (AvgIpc) is 2.21. The minimum Gasteiger partial charge on any atom is -0.250 e. The molecule has 0 bridgehead atoms. The van der Waals surface area contributed by atoms with Crippen LogP contribution in [-0.2, 0) is 0 Å². The highest BCUT2D eigenvalue weighted by Crippen LogP contribution is 2.19. The van der Waals surface area contributed by atoms with E-state index in [2.05, 4.69) is 29.5 Å². The lowest BCUT2D eigenvalue weighted by Gasteiger charge is -2.06. The van der Waals surface area contributed by atoms with Gasteiger partial charge in [-0.2, -0.15) is 0 Å². The van der Waals surface area contributed by atoms with Gasteiger partial charge in [-0.1, -0.05) is 12.7 Å². The van der Waals surface area contributed by atoms with Gasteiger partial charge in [-0.3, -0.25) is 0 Å². The second kappa shape index (κ2) is 3.46. The van der Waals surface area contributed by atoms with Crippen LogP contribution < -0.4 is 0 Å². The smallest absolute Gasteiger partial charge is 0.0919 e. The van der Waals surface area contributed by atoms with E-state index >= 15 is 0 Å². The van der Waals surface area contributed by atoms with E-state index < -0.39 is 0 Å². The fraction of sp³-hybridized carbons (Fsp3) is 0.231. The molecule has 2 nitrogen and oxygen atoms in total. The molecule has 15 heavy (non-hydrogen) atoms. The van der Waals surface area contributed by atoms with Gasteiger partial charge in [-0.25, -0.2) is 9.97 Å². The van der Waals surface area contributed by atoms with Crippen LogP contribution in [0.3, 0.4) is 0 Å². The van der Waals surface area contributed by atoms with Crippen LogP contribution >= 0.6 is 0 Å². The Morgan fingerprint density at radius 3 is 2.40 bits per heavy atom. The summed E-state index contributed by atoms with van der Waals surface area (Å²) in [7, 11) is 0. The number of fused-ring (bicyclic) bond motifs is 1. The number of aryl methyl sites for hydroxylation is 3. The molecule has 0 N–H and O–H groups in total. The van der Waals surface area contributed by atoms with Crippen LogP contribution in [0.5, 0.6) is 0 Å². The lowest BCUT2D eigenvalue weighted by molar-refractivity contribution is 1.10. The topological polar surface area (TPSA) is 25.8 Å². The summed E-state index contributed by atoms with van der Waals surface area (Å²) < 4.78 is 0. The van der Waals surface area contributed by atoms with Gasteiger partial charge < -0.3 is 0 Å². The second-order valence-electron chi connectivity index (χ2n) is 3.80. The molecule has 1 heterocycles. The van der Waals surface area contributed by atoms with Crippen LogP contribution in [-0.4, -0.2) is 9.97 Å². The van der Waals surface area contributed by atoms with Crippen molar-refractivity contribution >= 4 is 17.1 Å². The molecule has 2 aromatic rings. The zero-order chi connectivity index (χ0) is 11.0. The summed E-state index contributed by atoms with van der Waals surface area (Å²) >= 11 is 0. The predicted octanol–water partition coefficient (Wildman–Crippen LogP) is 3.20. The van der Waals surface area contributed by atoms with Crippen molar-refractivity contribution in [3.63, 3.8) is 0 Å². The lowest BCUT2D eigenvalue weighted by Crippen LogP contribution is -1.95. The monoisotopic (exact) mass is 198 g/mol. The Hall–Kier alpha value is -1.70. The van der Waals surface area contributed by atoms with E-state index in [9.17, 15) is 0 Å². The molecule has 0 aliphatic heterocycles. The van der Waals surface area contributed by atoms with Crippen molar-refractivity contribution in [1.29, 1.82) is 0 Å². The lowest BCUT2D eigenvalue weighted by atomic mass is 10.1. The first-order valence-corrected chi connectivity index (χ1v) is 5.00. The van der Waals surface area contributed by atoms with Gasteiger partial charge in [0.15, 0.2) is 0 Å². The molecule has 2 heteroatoms. The number of hydrogen-bond donors (Lipinski definition) is 0. The third-order valence-corrected chi connectivity index (χ3v) is 2.63. The first kappa shape index (κ1) is 9.84. The molecule has 1 aromatic heterocycles. The highest BCUT2D eigenvalue weighted by atomic mass is 14.8. The molecule has 0 atom stereocenters. The molecule has 0 radical (unpaired) electrons. The maximum absolute atomic E-state index is 4.55. The van der Waals surface area contributed by atoms with Gasteiger partial charge in [0.2, 0.25) is 0 Å². The molecule has 76 valence electrons. The van der Waals surface area contributed by atoms with E-state index in [1.807, 2.05) is 26.0 Å². The summed E-state index contributed by atoms with van der Waals surface area (Å²) in [4.78, 5) is 9.09. The van der Waals surface area contributed by atoms with E-state index in [-0.39, 0.29) is 0 Å². The first-order valence-electron chi connectivity index (χ1n) is 5.00. The molecule has 2 rings (SSSR count). The zero-order valence-corrected chi connectivity index (χ0v) is 9.33. The number of nitrogens with zero attached hydrogens (tertiary/aromatic N) is 2. The number of hydrogen-bond acceptors (Lipinski definition) is 2. The largest absolute Gasteiger partial charge is 0.250 e. The third kappa shape index (κ3) is 1.63. The minimum atomic E-state index is 0.952. The highest BCUT2D eigenvalue weighted by molar-refractivity contribution is 5.81. The summed E-state index contributed by atoms with van der Waals surface area (Å²) in [5, 5.41) is 0. The summed E-state index contributed by atoms with van der Waals surface area (Å²) in [6.07, 6.45) is 1.84. The number of rotatable bonds is 1. The van der Waals surface area contributed by atoms with Crippen LogP contribution in [0.25, 0.3) is 17.1 Å². The summed E-state index contributed by atoms with van der Waals surface area (Å²) in [6.45, 7) is 9.80. The average molecular weight is 198 g/mol. The molecular weight excluding hydrogens is 184 g/mol. The van der Waals surface area contributed by atoms with Gasteiger partial charge in [-0.15, -0.1) is 0 Å². The quantitative estimate of drug-likeness (QED) is 0.703. The predicted molar refractivity (Wildman–Crippen MR) is 63.8 cm³/mol. The Labute approximate surface area is 89.7 Å². The van der Waals surface area contributed by atoms with E-state index in [4.69, 9.17) is 0 Å². The van der Waals surface area contributed by atoms with Crippen molar-refractivity contribution in [3.05, 3.63) is 41.2 Å². The number of aromatic nitrogens is 2. The first-order chi connectivity index (χ1) is 7.11. The SMILES string of the molecule is C=Cc1cc(C)c2nc(C)c(C)nc2c1. The van der Waals surface area contributed by atoms with Crippen molar-refractivity contribution in [2.24, 2.45) is 0 Å². The van der Waals surface area contributed by atoms with Crippen molar-refractivity contribution < 1.29 is 0 Å². The van der Waals surface area contributed by atoms with Gasteiger partial charge >= 0.3 is 0 Å². The molecule has 0 fully saturated rings. The van der Waals surface area contributed by atoms with Gasteiger partial charge in [0, 0.05) is 0 Å². The standard InChI is InChI=1S/C13H14N2/c1-5-11-6-8(2)13-12(7-11)14-9(3)10(4)15-13/h5-7H,1H2,2-4H3. The summed E-state index contributed by atoms with van der Waals surface area (Å²) in [5.41, 5.74) is 6.17. The van der Waals surface area contributed by atoms with E-state index in [1.54, 1.807) is 0 Å². The molecule has 0 aliphatic carbocycles. The summed E-state index contributed by atoms with van der Waals surface area (Å²) in [5.74, 6) is 0. The fourth-order valence-corrected chi connectivity index (χ4v) is 1.65. The normalized spacial score (nSPS) is 10.6.